The van der Waals surface area contributed by atoms with Gasteiger partial charge in [0.25, 0.3) is 0 Å². The van der Waals surface area contributed by atoms with Crippen molar-refractivity contribution in [3.05, 3.63) is 36.5 Å². The molecule has 58 heavy (non-hydrogen) atoms. The first-order valence-corrected chi connectivity index (χ1v) is 20.2. The Balaban J connectivity index is 1.61. The zero-order chi connectivity index (χ0) is 42.8. The summed E-state index contributed by atoms with van der Waals surface area (Å²) >= 11 is 0. The minimum absolute atomic E-state index is 0.205. The molecule has 1 amide bonds. The van der Waals surface area contributed by atoms with Gasteiger partial charge in [-0.15, -0.1) is 0 Å². The summed E-state index contributed by atoms with van der Waals surface area (Å²) in [5.41, 5.74) is 0. The third-order valence-corrected chi connectivity index (χ3v) is 10.2. The maximum atomic E-state index is 12.6. The van der Waals surface area contributed by atoms with Gasteiger partial charge in [0.1, 0.15) is 73.2 Å². The number of carbonyl (C=O) groups is 1. The lowest BCUT2D eigenvalue weighted by atomic mass is 9.96. The molecule has 12 N–H and O–H groups in total. The minimum atomic E-state index is -1.98. The van der Waals surface area contributed by atoms with E-state index in [4.69, 9.17) is 28.4 Å². The van der Waals surface area contributed by atoms with Crippen LogP contribution in [0.15, 0.2) is 36.5 Å². The largest absolute Gasteiger partial charge is 0.394 e. The van der Waals surface area contributed by atoms with E-state index in [9.17, 15) is 61.0 Å². The number of nitrogens with one attached hydrogen (secondary N) is 1. The normalized spacial score (nSPS) is 37.2. The van der Waals surface area contributed by atoms with Crippen LogP contribution in [0, 0.1) is 0 Å². The van der Waals surface area contributed by atoms with Gasteiger partial charge in [-0.1, -0.05) is 63.1 Å². The summed E-state index contributed by atoms with van der Waals surface area (Å²) in [6.07, 6.45) is -7.98. The van der Waals surface area contributed by atoms with E-state index in [2.05, 4.69) is 36.5 Å². The van der Waals surface area contributed by atoms with Crippen LogP contribution < -0.4 is 5.32 Å². The molecule has 19 heteroatoms. The lowest BCUT2D eigenvalue weighted by Gasteiger charge is -2.48. The van der Waals surface area contributed by atoms with E-state index >= 15 is 0 Å². The third kappa shape index (κ3) is 14.6. The Morgan fingerprint density at radius 1 is 0.603 bits per heavy atom. The highest BCUT2D eigenvalue weighted by molar-refractivity contribution is 5.76. The zero-order valence-electron chi connectivity index (χ0n) is 33.2. The van der Waals surface area contributed by atoms with Crippen molar-refractivity contribution in [2.45, 2.75) is 176 Å². The molecule has 0 bridgehead atoms. The second-order valence-electron chi connectivity index (χ2n) is 14.7. The maximum absolute atomic E-state index is 12.6. The van der Waals surface area contributed by atoms with Gasteiger partial charge in [0.15, 0.2) is 18.9 Å². The number of rotatable bonds is 24. The van der Waals surface area contributed by atoms with Gasteiger partial charge in [0, 0.05) is 6.42 Å². The molecular weight excluding hydrogens is 770 g/mol. The van der Waals surface area contributed by atoms with Crippen molar-refractivity contribution in [1.29, 1.82) is 0 Å². The molecule has 17 unspecified atom stereocenters. The molecule has 3 rings (SSSR count). The fourth-order valence-corrected chi connectivity index (χ4v) is 6.61. The summed E-state index contributed by atoms with van der Waals surface area (Å²) < 4.78 is 33.7. The quantitative estimate of drug-likeness (QED) is 0.0354. The van der Waals surface area contributed by atoms with Gasteiger partial charge in [0.2, 0.25) is 5.91 Å². The molecule has 0 aromatic carbocycles. The number of ether oxygens (including phenoxy) is 6. The fraction of sp³-hybridized carbons (Fsp3) is 0.821. The van der Waals surface area contributed by atoms with Crippen molar-refractivity contribution in [3.63, 3.8) is 0 Å². The van der Waals surface area contributed by atoms with Crippen LogP contribution >= 0.6 is 0 Å². The van der Waals surface area contributed by atoms with Crippen molar-refractivity contribution in [1.82, 2.24) is 5.32 Å². The molecule has 0 aromatic rings. The Labute approximate surface area is 339 Å². The second-order valence-corrected chi connectivity index (χ2v) is 14.7. The van der Waals surface area contributed by atoms with Crippen LogP contribution in [-0.2, 0) is 33.2 Å². The van der Waals surface area contributed by atoms with Crippen LogP contribution in [0.1, 0.15) is 71.6 Å². The lowest BCUT2D eigenvalue weighted by molar-refractivity contribution is -0.379. The summed E-state index contributed by atoms with van der Waals surface area (Å²) in [7, 11) is 0. The fourth-order valence-electron chi connectivity index (χ4n) is 6.61. The maximum Gasteiger partial charge on any atom is 0.220 e. The number of unbranched alkanes of at least 4 members (excludes halogenated alkanes) is 4. The van der Waals surface area contributed by atoms with Crippen molar-refractivity contribution >= 4 is 5.91 Å². The Hall–Kier alpha value is -1.99. The number of aliphatic hydroxyl groups excluding tert-OH is 11. The van der Waals surface area contributed by atoms with E-state index in [1.807, 2.05) is 6.92 Å². The number of carbonyl (C=O) groups excluding carboxylic acids is 1. The molecular formula is C39H67NO18. The highest BCUT2D eigenvalue weighted by Gasteiger charge is 2.53. The molecule has 336 valence electrons. The van der Waals surface area contributed by atoms with Crippen molar-refractivity contribution in [3.8, 4) is 0 Å². The van der Waals surface area contributed by atoms with Gasteiger partial charge in [-0.25, -0.2) is 0 Å². The van der Waals surface area contributed by atoms with Crippen LogP contribution in [0.2, 0.25) is 0 Å². The summed E-state index contributed by atoms with van der Waals surface area (Å²) in [5.74, 6) is -0.332. The molecule has 0 aromatic heterocycles. The predicted octanol–water partition coefficient (Wildman–Crippen LogP) is -2.48. The smallest absolute Gasteiger partial charge is 0.220 e. The number of amides is 1. The monoisotopic (exact) mass is 837 g/mol. The summed E-state index contributed by atoms with van der Waals surface area (Å²) in [4.78, 5) is 12.6. The molecule has 3 fully saturated rings. The van der Waals surface area contributed by atoms with Gasteiger partial charge in [-0.05, 0) is 38.5 Å². The van der Waals surface area contributed by atoms with Crippen LogP contribution in [-0.4, -0.2) is 193 Å². The lowest BCUT2D eigenvalue weighted by Crippen LogP contribution is -2.66. The Morgan fingerprint density at radius 3 is 1.59 bits per heavy atom. The number of allylic oxidation sites excluding steroid dienone is 5. The van der Waals surface area contributed by atoms with Gasteiger partial charge >= 0.3 is 0 Å². The summed E-state index contributed by atoms with van der Waals surface area (Å²) in [6, 6.07) is -0.985. The van der Waals surface area contributed by atoms with E-state index in [1.54, 1.807) is 6.08 Å². The second kappa shape index (κ2) is 26.4. The van der Waals surface area contributed by atoms with Crippen LogP contribution in [0.4, 0.5) is 0 Å². The van der Waals surface area contributed by atoms with Gasteiger partial charge in [-0.2, -0.15) is 0 Å². The Bertz CT molecular complexity index is 1240. The average molecular weight is 838 g/mol. The van der Waals surface area contributed by atoms with Gasteiger partial charge < -0.3 is 89.9 Å². The summed E-state index contributed by atoms with van der Waals surface area (Å²) in [5, 5.41) is 118. The Kier molecular flexibility index (Phi) is 22.9. The van der Waals surface area contributed by atoms with E-state index in [0.717, 1.165) is 38.5 Å². The van der Waals surface area contributed by atoms with Crippen LogP contribution in [0.5, 0.6) is 0 Å². The zero-order valence-corrected chi connectivity index (χ0v) is 33.2. The highest BCUT2D eigenvalue weighted by Crippen LogP contribution is 2.32. The molecule has 3 heterocycles. The highest BCUT2D eigenvalue weighted by atomic mass is 16.8. The molecule has 3 aliphatic heterocycles. The SMILES string of the molecule is CCC/C=C/CC/C=C/CC/C=C/C(O)C(COC1OC(CO)C(OC2OC(CO)C(OC3OC(CO)C(O)C(O)C3O)C(O)C2O)C(O)C1O)NC(=O)CCCC. The Morgan fingerprint density at radius 2 is 1.07 bits per heavy atom. The molecule has 19 nitrogen and oxygen atoms in total. The molecule has 0 radical (unpaired) electrons. The molecule has 3 saturated heterocycles. The number of hydrogen-bond acceptors (Lipinski definition) is 18. The first-order chi connectivity index (χ1) is 27.8. The molecule has 17 atom stereocenters. The number of aliphatic hydroxyl groups is 11. The predicted molar refractivity (Wildman–Crippen MR) is 203 cm³/mol. The minimum Gasteiger partial charge on any atom is -0.394 e. The first kappa shape index (κ1) is 50.4. The first-order valence-electron chi connectivity index (χ1n) is 20.2. The van der Waals surface area contributed by atoms with Gasteiger partial charge in [-0.3, -0.25) is 4.79 Å². The third-order valence-electron chi connectivity index (χ3n) is 10.2. The van der Waals surface area contributed by atoms with Gasteiger partial charge in [0.05, 0.1) is 38.6 Å². The number of hydrogen-bond donors (Lipinski definition) is 12. The average Bonchev–Trinajstić information content (AvgIpc) is 3.22. The van der Waals surface area contributed by atoms with Crippen molar-refractivity contribution < 1.29 is 89.4 Å². The topological polar surface area (TPSA) is 307 Å². The van der Waals surface area contributed by atoms with E-state index in [1.165, 1.54) is 6.08 Å². The van der Waals surface area contributed by atoms with Crippen LogP contribution in [0.25, 0.3) is 0 Å². The van der Waals surface area contributed by atoms with Crippen molar-refractivity contribution in [2.24, 2.45) is 0 Å². The van der Waals surface area contributed by atoms with E-state index < -0.39 is 124 Å². The molecule has 0 saturated carbocycles. The van der Waals surface area contributed by atoms with E-state index in [0.29, 0.717) is 12.8 Å². The molecule has 3 aliphatic rings. The summed E-state index contributed by atoms with van der Waals surface area (Å²) in [6.45, 7) is 1.25. The van der Waals surface area contributed by atoms with E-state index in [-0.39, 0.29) is 18.9 Å². The van der Waals surface area contributed by atoms with Crippen LogP contribution in [0.3, 0.4) is 0 Å². The van der Waals surface area contributed by atoms with Crippen molar-refractivity contribution in [2.75, 3.05) is 26.4 Å². The standard InChI is InChI=1S/C39H67NO18/c1-3-5-7-8-9-10-11-12-13-14-15-16-23(44)22(40-27(45)17-6-4-2)21-53-37-33(51)30(48)35(25(19-42)55-37)58-39-34(52)31(49)36(26(20-43)56-39)57-38-32(50)29(47)28(46)24(18-41)54-38/h7-8,11-12,15-16,22-26,28-39,41-44,46-52H,3-6,9-10,13-14,17-21H2,1-2H3,(H,40,45)/b8-7+,12-11+,16-15+. The molecule has 0 aliphatic carbocycles. The molecule has 0 spiro atoms.